The summed E-state index contributed by atoms with van der Waals surface area (Å²) in [5.74, 6) is -0.503. The summed E-state index contributed by atoms with van der Waals surface area (Å²) in [7, 11) is 9.27. The number of carbonyl (C=O) groups is 3. The van der Waals surface area contributed by atoms with Crippen LogP contribution in [0.3, 0.4) is 0 Å². The van der Waals surface area contributed by atoms with Gasteiger partial charge >= 0.3 is 5.97 Å². The number of likely N-dealkylation sites (tertiary alicyclic amines) is 1. The van der Waals surface area contributed by atoms with Gasteiger partial charge in [-0.15, -0.1) is 0 Å². The number of ether oxygens (including phenoxy) is 2. The maximum Gasteiger partial charge on any atom is 0.337 e. The zero-order valence-corrected chi connectivity index (χ0v) is 28.2. The smallest absolute Gasteiger partial charge is 0.337 e. The summed E-state index contributed by atoms with van der Waals surface area (Å²) in [6.07, 6.45) is 3.74. The van der Waals surface area contributed by atoms with Gasteiger partial charge in [0.25, 0.3) is 5.91 Å². The molecule has 0 bridgehead atoms. The second-order valence-electron chi connectivity index (χ2n) is 12.3. The van der Waals surface area contributed by atoms with E-state index in [9.17, 15) is 14.4 Å². The number of methoxy groups -OCH3 is 1. The van der Waals surface area contributed by atoms with E-state index in [4.69, 9.17) is 9.47 Å². The van der Waals surface area contributed by atoms with Crippen molar-refractivity contribution < 1.29 is 23.9 Å². The molecule has 0 saturated carbocycles. The predicted octanol–water partition coefficient (Wildman–Crippen LogP) is 5.92. The van der Waals surface area contributed by atoms with Crippen molar-refractivity contribution in [3.8, 4) is 17.0 Å². The first kappa shape index (κ1) is 34.0. The molecule has 48 heavy (non-hydrogen) atoms. The lowest BCUT2D eigenvalue weighted by atomic mass is 10.0. The lowest BCUT2D eigenvalue weighted by Crippen LogP contribution is -2.42. The van der Waals surface area contributed by atoms with Crippen LogP contribution in [0.4, 0.5) is 17.1 Å². The Labute approximate surface area is 282 Å². The summed E-state index contributed by atoms with van der Waals surface area (Å²) in [6.45, 7) is 0.914. The summed E-state index contributed by atoms with van der Waals surface area (Å²) >= 11 is 0. The van der Waals surface area contributed by atoms with Gasteiger partial charge in [0.15, 0.2) is 0 Å². The number of amides is 2. The molecule has 1 aliphatic heterocycles. The van der Waals surface area contributed by atoms with Gasteiger partial charge in [0.05, 0.1) is 23.9 Å². The number of nitrogens with zero attached hydrogens (tertiary/aromatic N) is 4. The van der Waals surface area contributed by atoms with Crippen molar-refractivity contribution >= 4 is 34.8 Å². The Hall–Kier alpha value is -5.38. The van der Waals surface area contributed by atoms with Crippen molar-refractivity contribution in [1.82, 2.24) is 9.88 Å². The predicted molar refractivity (Wildman–Crippen MR) is 189 cm³/mol. The average molecular weight is 650 g/mol. The second-order valence-corrected chi connectivity index (χ2v) is 12.3. The van der Waals surface area contributed by atoms with Gasteiger partial charge in [-0.05, 0) is 66.1 Å². The number of aryl methyl sites for hydroxylation is 1. The van der Waals surface area contributed by atoms with Gasteiger partial charge in [-0.2, -0.15) is 0 Å². The van der Waals surface area contributed by atoms with Crippen LogP contribution < -0.4 is 19.9 Å². The Morgan fingerprint density at radius 2 is 1.46 bits per heavy atom. The van der Waals surface area contributed by atoms with Crippen LogP contribution in [0.15, 0.2) is 85.1 Å². The second kappa shape index (κ2) is 15.5. The average Bonchev–Trinajstić information content (AvgIpc) is 3.11. The van der Waals surface area contributed by atoms with E-state index in [-0.39, 0.29) is 35.5 Å². The van der Waals surface area contributed by atoms with Crippen LogP contribution in [0, 0.1) is 0 Å². The van der Waals surface area contributed by atoms with Crippen molar-refractivity contribution in [3.05, 3.63) is 102 Å². The number of aromatic nitrogens is 1. The number of carbonyl (C=O) groups excluding carboxylic acids is 3. The first-order chi connectivity index (χ1) is 23.1. The molecule has 1 aliphatic rings. The third-order valence-corrected chi connectivity index (χ3v) is 8.51. The van der Waals surface area contributed by atoms with E-state index in [1.165, 1.54) is 13.2 Å². The summed E-state index contributed by atoms with van der Waals surface area (Å²) < 4.78 is 11.1. The van der Waals surface area contributed by atoms with Gasteiger partial charge < -0.3 is 29.5 Å². The maximum atomic E-state index is 13.8. The van der Waals surface area contributed by atoms with Gasteiger partial charge in [0, 0.05) is 89.7 Å². The maximum absolute atomic E-state index is 13.8. The molecular formula is C38H43N5O5. The van der Waals surface area contributed by atoms with E-state index in [2.05, 4.69) is 39.5 Å². The Balaban J connectivity index is 1.19. The molecule has 1 aromatic heterocycles. The highest BCUT2D eigenvalue weighted by Crippen LogP contribution is 2.26. The summed E-state index contributed by atoms with van der Waals surface area (Å²) in [5, 5.41) is 2.90. The third kappa shape index (κ3) is 8.50. The van der Waals surface area contributed by atoms with Crippen LogP contribution >= 0.6 is 0 Å². The Bertz CT molecular complexity index is 1710. The number of rotatable bonds is 11. The largest absolute Gasteiger partial charge is 0.474 e. The standard InChI is InChI=1S/C38H43N5O5/c1-41(2)30-13-6-26(7-14-30)8-18-35(44)40-34-17-11-28(38(46)47-5)24-33(34)37(45)43-22-20-32(21-23-43)48-36-19-12-29(25-39-36)27-9-15-31(16-10-27)42(3)4/h6-7,9-17,19,24-25,32H,8,18,20-23H2,1-5H3,(H,40,44). The minimum absolute atomic E-state index is 0.0980. The fraction of sp³-hybridized carbons (Fsp3) is 0.316. The number of hydrogen-bond acceptors (Lipinski definition) is 8. The highest BCUT2D eigenvalue weighted by atomic mass is 16.5. The van der Waals surface area contributed by atoms with Gasteiger partial charge in [-0.25, -0.2) is 9.78 Å². The number of benzene rings is 3. The molecule has 2 heterocycles. The van der Waals surface area contributed by atoms with Crippen LogP contribution in [-0.4, -0.2) is 82.2 Å². The van der Waals surface area contributed by atoms with E-state index >= 15 is 0 Å². The van der Waals surface area contributed by atoms with Crippen LogP contribution in [-0.2, 0) is 16.0 Å². The summed E-state index contributed by atoms with van der Waals surface area (Å²) in [5.41, 5.74) is 6.18. The topological polar surface area (TPSA) is 104 Å². The molecule has 5 rings (SSSR count). The number of piperidine rings is 1. The van der Waals surface area contributed by atoms with Gasteiger partial charge in [0.2, 0.25) is 11.8 Å². The van der Waals surface area contributed by atoms with Crippen LogP contribution in [0.2, 0.25) is 0 Å². The first-order valence-electron chi connectivity index (χ1n) is 16.1. The van der Waals surface area contributed by atoms with Crippen molar-refractivity contribution in [2.24, 2.45) is 0 Å². The normalized spacial score (nSPS) is 13.1. The minimum atomic E-state index is -0.556. The Morgan fingerprint density at radius 1 is 0.833 bits per heavy atom. The molecule has 3 aromatic carbocycles. The highest BCUT2D eigenvalue weighted by Gasteiger charge is 2.27. The van der Waals surface area contributed by atoms with E-state index in [0.717, 1.165) is 28.1 Å². The fourth-order valence-electron chi connectivity index (χ4n) is 5.60. The molecule has 250 valence electrons. The minimum Gasteiger partial charge on any atom is -0.474 e. The molecule has 0 atom stereocenters. The Kier molecular flexibility index (Phi) is 10.9. The molecule has 4 aromatic rings. The van der Waals surface area contributed by atoms with E-state index in [1.54, 1.807) is 17.0 Å². The van der Waals surface area contributed by atoms with Crippen molar-refractivity contribution in [1.29, 1.82) is 0 Å². The molecule has 0 spiro atoms. The molecule has 10 heteroatoms. The first-order valence-corrected chi connectivity index (χ1v) is 16.1. The number of nitrogens with one attached hydrogen (secondary N) is 1. The molecule has 1 saturated heterocycles. The monoisotopic (exact) mass is 649 g/mol. The van der Waals surface area contributed by atoms with E-state index in [0.29, 0.717) is 43.9 Å². The lowest BCUT2D eigenvalue weighted by molar-refractivity contribution is -0.116. The molecule has 0 aliphatic carbocycles. The van der Waals surface area contributed by atoms with Crippen LogP contribution in [0.1, 0.15) is 45.5 Å². The SMILES string of the molecule is COC(=O)c1ccc(NC(=O)CCc2ccc(N(C)C)cc2)c(C(=O)N2CCC(Oc3ccc(-c4ccc(N(C)C)cc4)cn3)CC2)c1. The zero-order valence-electron chi connectivity index (χ0n) is 28.2. The van der Waals surface area contributed by atoms with E-state index < -0.39 is 5.97 Å². The number of anilines is 3. The third-order valence-electron chi connectivity index (χ3n) is 8.51. The number of esters is 1. The van der Waals surface area contributed by atoms with Crippen molar-refractivity contribution in [2.75, 3.05) is 63.5 Å². The lowest BCUT2D eigenvalue weighted by Gasteiger charge is -2.32. The quantitative estimate of drug-likeness (QED) is 0.200. The van der Waals surface area contributed by atoms with Gasteiger partial charge in [-0.1, -0.05) is 24.3 Å². The molecular weight excluding hydrogens is 606 g/mol. The number of hydrogen-bond donors (Lipinski definition) is 1. The molecule has 0 radical (unpaired) electrons. The molecule has 2 amide bonds. The molecule has 1 N–H and O–H groups in total. The fourth-order valence-corrected chi connectivity index (χ4v) is 5.60. The van der Waals surface area contributed by atoms with Gasteiger partial charge in [-0.3, -0.25) is 9.59 Å². The van der Waals surface area contributed by atoms with Crippen LogP contribution in [0.25, 0.3) is 11.1 Å². The molecule has 10 nitrogen and oxygen atoms in total. The van der Waals surface area contributed by atoms with Crippen molar-refractivity contribution in [2.45, 2.75) is 31.8 Å². The van der Waals surface area contributed by atoms with Gasteiger partial charge in [0.1, 0.15) is 6.10 Å². The van der Waals surface area contributed by atoms with E-state index in [1.807, 2.05) is 75.7 Å². The molecule has 1 fully saturated rings. The molecule has 0 unspecified atom stereocenters. The highest BCUT2D eigenvalue weighted by molar-refractivity contribution is 6.05. The summed E-state index contributed by atoms with van der Waals surface area (Å²) in [6, 6.07) is 24.8. The van der Waals surface area contributed by atoms with Crippen molar-refractivity contribution in [3.63, 3.8) is 0 Å². The summed E-state index contributed by atoms with van der Waals surface area (Å²) in [4.78, 5) is 49.4. The zero-order chi connectivity index (χ0) is 34.2. The Morgan fingerprint density at radius 3 is 2.04 bits per heavy atom. The number of pyridine rings is 1. The van der Waals surface area contributed by atoms with Crippen LogP contribution in [0.5, 0.6) is 5.88 Å².